The van der Waals surface area contributed by atoms with E-state index in [1.165, 1.54) is 16.9 Å². The minimum Gasteiger partial charge on any atom is -0.445 e. The van der Waals surface area contributed by atoms with Crippen LogP contribution in [0.15, 0.2) is 54.7 Å². The average Bonchev–Trinajstić information content (AvgIpc) is 3.14. The Morgan fingerprint density at radius 1 is 1.26 bits per heavy atom. The van der Waals surface area contributed by atoms with Gasteiger partial charge in [0.05, 0.1) is 17.8 Å². The van der Waals surface area contributed by atoms with E-state index in [0.717, 1.165) is 18.5 Å². The van der Waals surface area contributed by atoms with Gasteiger partial charge in [0.15, 0.2) is 5.13 Å². The molecule has 0 aliphatic carbocycles. The van der Waals surface area contributed by atoms with Gasteiger partial charge in [-0.3, -0.25) is 10.2 Å². The lowest BCUT2D eigenvalue weighted by molar-refractivity contribution is 0.256. The number of rotatable bonds is 3. The van der Waals surface area contributed by atoms with E-state index in [-0.39, 0.29) is 6.03 Å². The van der Waals surface area contributed by atoms with Crippen LogP contribution in [0.3, 0.4) is 0 Å². The van der Waals surface area contributed by atoms with Crippen LogP contribution in [0.5, 0.6) is 10.8 Å². The molecule has 0 spiro atoms. The van der Waals surface area contributed by atoms with Gasteiger partial charge in [-0.25, -0.2) is 9.78 Å². The van der Waals surface area contributed by atoms with Crippen LogP contribution in [-0.2, 0) is 6.42 Å². The Morgan fingerprint density at radius 3 is 3.04 bits per heavy atom. The third kappa shape index (κ3) is 3.76. The number of aryl methyl sites for hydroxylation is 1. The number of fused-ring (bicyclic) bond motifs is 1. The van der Waals surface area contributed by atoms with Crippen molar-refractivity contribution in [3.05, 3.63) is 65.9 Å². The molecule has 1 aliphatic heterocycles. The lowest BCUT2D eigenvalue weighted by atomic mass is 10.0. The van der Waals surface area contributed by atoms with Crippen LogP contribution >= 0.6 is 11.3 Å². The van der Waals surface area contributed by atoms with E-state index in [2.05, 4.69) is 22.4 Å². The quantitative estimate of drug-likeness (QED) is 0.713. The lowest BCUT2D eigenvalue weighted by Crippen LogP contribution is -2.38. The number of nitrogens with one attached hydrogen (secondary N) is 1. The number of carbonyl (C=O) groups excluding carboxylic acids is 1. The predicted molar refractivity (Wildman–Crippen MR) is 104 cm³/mol. The summed E-state index contributed by atoms with van der Waals surface area (Å²) < 4.78 is 5.72. The van der Waals surface area contributed by atoms with Gasteiger partial charge in [-0.1, -0.05) is 35.6 Å². The Morgan fingerprint density at radius 2 is 2.15 bits per heavy atom. The van der Waals surface area contributed by atoms with Gasteiger partial charge in [0.1, 0.15) is 5.75 Å². The lowest BCUT2D eigenvalue weighted by Gasteiger charge is -2.29. The molecule has 27 heavy (non-hydrogen) atoms. The molecule has 1 N–H and O–H groups in total. The molecule has 6 nitrogen and oxygen atoms in total. The molecule has 1 aromatic heterocycles. The minimum absolute atomic E-state index is 0.200. The Labute approximate surface area is 160 Å². The molecule has 0 atom stereocenters. The third-order valence-electron chi connectivity index (χ3n) is 4.24. The average molecular weight is 376 g/mol. The van der Waals surface area contributed by atoms with Gasteiger partial charge in [-0.2, -0.15) is 5.26 Å². The normalized spacial score (nSPS) is 12.8. The zero-order valence-electron chi connectivity index (χ0n) is 14.4. The van der Waals surface area contributed by atoms with Crippen LogP contribution in [0.2, 0.25) is 0 Å². The Bertz CT molecular complexity index is 1020. The maximum Gasteiger partial charge on any atom is 0.328 e. The number of carbonyl (C=O) groups is 1. The molecule has 2 aromatic carbocycles. The molecule has 134 valence electrons. The molecule has 0 radical (unpaired) electrons. The molecule has 3 aromatic rings. The van der Waals surface area contributed by atoms with E-state index in [4.69, 9.17) is 10.00 Å². The van der Waals surface area contributed by atoms with E-state index in [0.29, 0.717) is 28.1 Å². The number of anilines is 2. The zero-order valence-corrected chi connectivity index (χ0v) is 15.2. The highest BCUT2D eigenvalue weighted by atomic mass is 32.1. The molecule has 2 amide bonds. The van der Waals surface area contributed by atoms with Crippen LogP contribution in [0, 0.1) is 11.3 Å². The Balaban J connectivity index is 1.45. The van der Waals surface area contributed by atoms with E-state index in [9.17, 15) is 4.79 Å². The molecule has 2 heterocycles. The summed E-state index contributed by atoms with van der Waals surface area (Å²) in [5.74, 6) is 0.556. The van der Waals surface area contributed by atoms with Gasteiger partial charge in [0, 0.05) is 12.2 Å². The highest BCUT2D eigenvalue weighted by Gasteiger charge is 2.22. The van der Waals surface area contributed by atoms with E-state index in [1.807, 2.05) is 18.2 Å². The second kappa shape index (κ2) is 7.48. The molecule has 0 saturated carbocycles. The van der Waals surface area contributed by atoms with Crippen LogP contribution in [0.25, 0.3) is 0 Å². The minimum atomic E-state index is -0.200. The summed E-state index contributed by atoms with van der Waals surface area (Å²) in [6, 6.07) is 16.7. The first-order valence-electron chi connectivity index (χ1n) is 8.53. The standard InChI is InChI=1S/C20H16N4O2S/c21-12-14-5-3-8-16(11-14)26-18-13-22-19(27-18)23-20(25)24-10-4-7-15-6-1-2-9-17(15)24/h1-3,5-6,8-9,11,13H,4,7,10H2,(H,22,23,25). The first-order valence-corrected chi connectivity index (χ1v) is 9.35. The second-order valence-corrected chi connectivity index (χ2v) is 7.03. The molecule has 0 bridgehead atoms. The molecule has 0 unspecified atom stereocenters. The number of amides is 2. The number of benzene rings is 2. The molecule has 0 fully saturated rings. The van der Waals surface area contributed by atoms with Gasteiger partial charge in [-0.15, -0.1) is 0 Å². The van der Waals surface area contributed by atoms with Gasteiger partial charge >= 0.3 is 6.03 Å². The summed E-state index contributed by atoms with van der Waals surface area (Å²) >= 11 is 1.24. The van der Waals surface area contributed by atoms with E-state index >= 15 is 0 Å². The molecule has 1 aliphatic rings. The van der Waals surface area contributed by atoms with Crippen molar-refractivity contribution in [3.63, 3.8) is 0 Å². The fraction of sp³-hybridized carbons (Fsp3) is 0.150. The van der Waals surface area contributed by atoms with Crippen molar-refractivity contribution in [1.29, 1.82) is 5.26 Å². The van der Waals surface area contributed by atoms with Crippen LogP contribution in [0.4, 0.5) is 15.6 Å². The summed E-state index contributed by atoms with van der Waals surface area (Å²) in [6.07, 6.45) is 3.48. The zero-order chi connectivity index (χ0) is 18.6. The number of thiazole rings is 1. The van der Waals surface area contributed by atoms with E-state index < -0.39 is 0 Å². The summed E-state index contributed by atoms with van der Waals surface area (Å²) in [6.45, 7) is 0.679. The number of nitrogens with zero attached hydrogens (tertiary/aromatic N) is 3. The smallest absolute Gasteiger partial charge is 0.328 e. The first kappa shape index (κ1) is 17.1. The summed E-state index contributed by atoms with van der Waals surface area (Å²) in [5, 5.41) is 12.8. The number of ether oxygens (including phenoxy) is 1. The second-order valence-electron chi connectivity index (χ2n) is 6.04. The summed E-state index contributed by atoms with van der Waals surface area (Å²) in [4.78, 5) is 18.6. The summed E-state index contributed by atoms with van der Waals surface area (Å²) in [7, 11) is 0. The van der Waals surface area contributed by atoms with Crippen molar-refractivity contribution in [2.75, 3.05) is 16.8 Å². The maximum atomic E-state index is 12.7. The third-order valence-corrected chi connectivity index (χ3v) is 5.03. The molecular weight excluding hydrogens is 360 g/mol. The van der Waals surface area contributed by atoms with Crippen molar-refractivity contribution in [1.82, 2.24) is 4.98 Å². The molecule has 7 heteroatoms. The highest BCUT2D eigenvalue weighted by Crippen LogP contribution is 2.32. The number of hydrogen-bond donors (Lipinski definition) is 1. The largest absolute Gasteiger partial charge is 0.445 e. The Kier molecular flexibility index (Phi) is 4.73. The van der Waals surface area contributed by atoms with Crippen LogP contribution in [0.1, 0.15) is 17.5 Å². The van der Waals surface area contributed by atoms with Crippen molar-refractivity contribution in [3.8, 4) is 16.9 Å². The number of aromatic nitrogens is 1. The molecule has 4 rings (SSSR count). The summed E-state index contributed by atoms with van der Waals surface area (Å²) in [5.41, 5.74) is 2.65. The van der Waals surface area contributed by atoms with Gasteiger partial charge < -0.3 is 4.74 Å². The fourth-order valence-corrected chi connectivity index (χ4v) is 3.69. The van der Waals surface area contributed by atoms with Crippen molar-refractivity contribution in [2.45, 2.75) is 12.8 Å². The van der Waals surface area contributed by atoms with Gasteiger partial charge in [0.25, 0.3) is 0 Å². The number of hydrogen-bond acceptors (Lipinski definition) is 5. The molecular formula is C20H16N4O2S. The molecule has 0 saturated heterocycles. The van der Waals surface area contributed by atoms with Gasteiger partial charge in [-0.05, 0) is 42.7 Å². The highest BCUT2D eigenvalue weighted by molar-refractivity contribution is 7.17. The van der Waals surface area contributed by atoms with Crippen molar-refractivity contribution < 1.29 is 9.53 Å². The first-order chi connectivity index (χ1) is 13.2. The maximum absolute atomic E-state index is 12.7. The van der Waals surface area contributed by atoms with Crippen LogP contribution < -0.4 is 15.0 Å². The SMILES string of the molecule is N#Cc1cccc(Oc2cnc(NC(=O)N3CCCc4ccccc43)s2)c1. The van der Waals surface area contributed by atoms with E-state index in [1.54, 1.807) is 35.4 Å². The topological polar surface area (TPSA) is 78.2 Å². The van der Waals surface area contributed by atoms with Crippen molar-refractivity contribution in [2.24, 2.45) is 0 Å². The number of nitriles is 1. The van der Waals surface area contributed by atoms with Gasteiger partial charge in [0.2, 0.25) is 5.06 Å². The fourth-order valence-electron chi connectivity index (χ4n) is 3.01. The van der Waals surface area contributed by atoms with Crippen LogP contribution in [-0.4, -0.2) is 17.6 Å². The monoisotopic (exact) mass is 376 g/mol. The van der Waals surface area contributed by atoms with Crippen molar-refractivity contribution >= 4 is 28.2 Å². The number of urea groups is 1. The predicted octanol–water partition coefficient (Wildman–Crippen LogP) is 4.79. The Hall–Kier alpha value is -3.37. The number of para-hydroxylation sites is 1.